The van der Waals surface area contributed by atoms with Crippen molar-refractivity contribution in [1.29, 1.82) is 0 Å². The maximum atomic E-state index is 12.9. The molecule has 2 aromatic rings. The maximum absolute atomic E-state index is 12.9. The van der Waals surface area contributed by atoms with Crippen LogP contribution in [0, 0.1) is 22.9 Å². The first kappa shape index (κ1) is 12.0. The van der Waals surface area contributed by atoms with Gasteiger partial charge in [-0.25, -0.2) is 4.39 Å². The molecular formula is C11H10FN3O3. The van der Waals surface area contributed by atoms with Crippen LogP contribution in [-0.4, -0.2) is 10.1 Å². The van der Waals surface area contributed by atoms with E-state index in [4.69, 9.17) is 4.52 Å². The molecule has 94 valence electrons. The summed E-state index contributed by atoms with van der Waals surface area (Å²) in [7, 11) is 0. The molecule has 0 spiro atoms. The van der Waals surface area contributed by atoms with Crippen molar-refractivity contribution in [1.82, 2.24) is 5.16 Å². The van der Waals surface area contributed by atoms with E-state index in [-0.39, 0.29) is 17.9 Å². The topological polar surface area (TPSA) is 81.2 Å². The van der Waals surface area contributed by atoms with Crippen molar-refractivity contribution in [2.75, 3.05) is 5.32 Å². The predicted molar refractivity (Wildman–Crippen MR) is 61.6 cm³/mol. The lowest BCUT2D eigenvalue weighted by Crippen LogP contribution is -2.03. The quantitative estimate of drug-likeness (QED) is 0.667. The average Bonchev–Trinajstić information content (AvgIpc) is 2.73. The fraction of sp³-hybridized carbons (Fsp3) is 0.182. The van der Waals surface area contributed by atoms with Crippen LogP contribution >= 0.6 is 0 Å². The average molecular weight is 251 g/mol. The zero-order valence-corrected chi connectivity index (χ0v) is 9.51. The fourth-order valence-corrected chi connectivity index (χ4v) is 1.49. The molecule has 2 rings (SSSR count). The zero-order valence-electron chi connectivity index (χ0n) is 9.51. The minimum Gasteiger partial charge on any atom is -0.374 e. The Hall–Kier alpha value is -2.44. The molecular weight excluding hydrogens is 241 g/mol. The molecule has 7 heteroatoms. The number of anilines is 1. The molecule has 0 saturated heterocycles. The predicted octanol–water partition coefficient (Wildman–Crippen LogP) is 2.64. The Morgan fingerprint density at radius 3 is 2.89 bits per heavy atom. The van der Waals surface area contributed by atoms with Gasteiger partial charge in [-0.1, -0.05) is 5.16 Å². The molecule has 1 heterocycles. The first-order valence-corrected chi connectivity index (χ1v) is 5.16. The minimum atomic E-state index is -0.649. The highest BCUT2D eigenvalue weighted by Gasteiger charge is 2.14. The molecule has 0 bridgehead atoms. The third-order valence-electron chi connectivity index (χ3n) is 2.29. The van der Waals surface area contributed by atoms with Gasteiger partial charge in [0.1, 0.15) is 23.0 Å². The van der Waals surface area contributed by atoms with Crippen molar-refractivity contribution in [3.8, 4) is 0 Å². The first-order chi connectivity index (χ1) is 8.56. The molecule has 0 aliphatic rings. The number of benzene rings is 1. The second kappa shape index (κ2) is 4.82. The summed E-state index contributed by atoms with van der Waals surface area (Å²) >= 11 is 0. The number of nitrogens with one attached hydrogen (secondary N) is 1. The molecule has 0 atom stereocenters. The molecule has 0 unspecified atom stereocenters. The third-order valence-corrected chi connectivity index (χ3v) is 2.29. The Kier molecular flexibility index (Phi) is 3.22. The van der Waals surface area contributed by atoms with Gasteiger partial charge < -0.3 is 9.84 Å². The second-order valence-electron chi connectivity index (χ2n) is 3.70. The molecule has 0 amide bonds. The maximum Gasteiger partial charge on any atom is 0.295 e. The van der Waals surface area contributed by atoms with Crippen molar-refractivity contribution >= 4 is 11.4 Å². The molecule has 0 fully saturated rings. The van der Waals surface area contributed by atoms with E-state index in [2.05, 4.69) is 10.5 Å². The van der Waals surface area contributed by atoms with E-state index in [1.807, 2.05) is 0 Å². The summed E-state index contributed by atoms with van der Waals surface area (Å²) in [5.41, 5.74) is 0.545. The molecule has 1 aromatic carbocycles. The molecule has 18 heavy (non-hydrogen) atoms. The van der Waals surface area contributed by atoms with E-state index in [0.29, 0.717) is 11.5 Å². The van der Waals surface area contributed by atoms with Crippen LogP contribution in [0.2, 0.25) is 0 Å². The van der Waals surface area contributed by atoms with Crippen LogP contribution in [-0.2, 0) is 6.54 Å². The standard InChI is InChI=1S/C11H10FN3O3/c1-7-4-9(14-18-7)6-13-10-3-2-8(12)5-11(10)15(16)17/h2-5,13H,6H2,1H3. The Morgan fingerprint density at radius 2 is 2.28 bits per heavy atom. The Morgan fingerprint density at radius 1 is 1.50 bits per heavy atom. The number of rotatable bonds is 4. The summed E-state index contributed by atoms with van der Waals surface area (Å²) in [6.45, 7) is 2.01. The Bertz CT molecular complexity index is 583. The second-order valence-corrected chi connectivity index (χ2v) is 3.70. The number of hydrogen-bond donors (Lipinski definition) is 1. The molecule has 0 aliphatic heterocycles. The zero-order chi connectivity index (χ0) is 13.1. The Labute approximate surface area is 102 Å². The van der Waals surface area contributed by atoms with Gasteiger partial charge in [0.2, 0.25) is 0 Å². The SMILES string of the molecule is Cc1cc(CNc2ccc(F)cc2[N+](=O)[O-])no1. The van der Waals surface area contributed by atoms with Crippen LogP contribution < -0.4 is 5.32 Å². The highest BCUT2D eigenvalue weighted by atomic mass is 19.1. The number of nitrogens with zero attached hydrogens (tertiary/aromatic N) is 2. The van der Waals surface area contributed by atoms with E-state index in [1.54, 1.807) is 13.0 Å². The number of halogens is 1. The minimum absolute atomic E-state index is 0.238. The van der Waals surface area contributed by atoms with Gasteiger partial charge >= 0.3 is 0 Å². The van der Waals surface area contributed by atoms with Crippen LogP contribution in [0.5, 0.6) is 0 Å². The highest BCUT2D eigenvalue weighted by molar-refractivity contribution is 5.61. The van der Waals surface area contributed by atoms with Gasteiger partial charge in [-0.3, -0.25) is 10.1 Å². The van der Waals surface area contributed by atoms with Gasteiger partial charge in [0.25, 0.3) is 5.69 Å². The smallest absolute Gasteiger partial charge is 0.295 e. The summed E-state index contributed by atoms with van der Waals surface area (Å²) in [5, 5.41) is 17.3. The van der Waals surface area contributed by atoms with Crippen LogP contribution in [0.1, 0.15) is 11.5 Å². The number of aromatic nitrogens is 1. The van der Waals surface area contributed by atoms with E-state index in [1.165, 1.54) is 6.07 Å². The molecule has 1 N–H and O–H groups in total. The lowest BCUT2D eigenvalue weighted by Gasteiger charge is -2.04. The van der Waals surface area contributed by atoms with Crippen LogP contribution in [0.25, 0.3) is 0 Å². The highest BCUT2D eigenvalue weighted by Crippen LogP contribution is 2.25. The lowest BCUT2D eigenvalue weighted by molar-refractivity contribution is -0.384. The summed E-state index contributed by atoms with van der Waals surface area (Å²) in [5.74, 6) is 0.00457. The van der Waals surface area contributed by atoms with Gasteiger partial charge in [0.15, 0.2) is 0 Å². The Balaban J connectivity index is 2.16. The third kappa shape index (κ3) is 2.62. The van der Waals surface area contributed by atoms with Crippen LogP contribution in [0.15, 0.2) is 28.8 Å². The van der Waals surface area contributed by atoms with E-state index in [9.17, 15) is 14.5 Å². The molecule has 0 saturated carbocycles. The normalized spacial score (nSPS) is 10.3. The van der Waals surface area contributed by atoms with E-state index >= 15 is 0 Å². The summed E-state index contributed by atoms with van der Waals surface area (Å²) in [6, 6.07) is 5.06. The van der Waals surface area contributed by atoms with Gasteiger partial charge in [-0.15, -0.1) is 0 Å². The van der Waals surface area contributed by atoms with Crippen molar-refractivity contribution < 1.29 is 13.8 Å². The van der Waals surface area contributed by atoms with Crippen molar-refractivity contribution in [2.24, 2.45) is 0 Å². The van der Waals surface area contributed by atoms with Gasteiger partial charge in [0, 0.05) is 6.07 Å². The van der Waals surface area contributed by atoms with Crippen LogP contribution in [0.3, 0.4) is 0 Å². The number of aryl methyl sites for hydroxylation is 1. The van der Waals surface area contributed by atoms with Gasteiger partial charge in [-0.2, -0.15) is 0 Å². The van der Waals surface area contributed by atoms with Crippen molar-refractivity contribution in [2.45, 2.75) is 13.5 Å². The van der Waals surface area contributed by atoms with Crippen LogP contribution in [0.4, 0.5) is 15.8 Å². The number of nitro benzene ring substituents is 1. The van der Waals surface area contributed by atoms with Crippen molar-refractivity contribution in [3.63, 3.8) is 0 Å². The molecule has 6 nitrogen and oxygen atoms in total. The fourth-order valence-electron chi connectivity index (χ4n) is 1.49. The monoisotopic (exact) mass is 251 g/mol. The van der Waals surface area contributed by atoms with E-state index < -0.39 is 10.7 Å². The largest absolute Gasteiger partial charge is 0.374 e. The summed E-state index contributed by atoms with van der Waals surface area (Å²) in [4.78, 5) is 10.1. The summed E-state index contributed by atoms with van der Waals surface area (Å²) < 4.78 is 17.8. The van der Waals surface area contributed by atoms with E-state index in [0.717, 1.165) is 12.1 Å². The van der Waals surface area contributed by atoms with Gasteiger partial charge in [-0.05, 0) is 19.1 Å². The lowest BCUT2D eigenvalue weighted by atomic mass is 10.2. The molecule has 1 aromatic heterocycles. The van der Waals surface area contributed by atoms with Crippen molar-refractivity contribution in [3.05, 3.63) is 51.7 Å². The van der Waals surface area contributed by atoms with Gasteiger partial charge in [0.05, 0.1) is 17.5 Å². The first-order valence-electron chi connectivity index (χ1n) is 5.16. The molecule has 0 aliphatic carbocycles. The summed E-state index contributed by atoms with van der Waals surface area (Å²) in [6.07, 6.45) is 0. The number of hydrogen-bond acceptors (Lipinski definition) is 5. The molecule has 0 radical (unpaired) electrons. The number of nitro groups is 1.